The summed E-state index contributed by atoms with van der Waals surface area (Å²) < 4.78 is 2.19. The second kappa shape index (κ2) is 5.40. The van der Waals surface area contributed by atoms with Crippen LogP contribution in [0.4, 0.5) is 0 Å². The lowest BCUT2D eigenvalue weighted by molar-refractivity contribution is 0.0936. The van der Waals surface area contributed by atoms with Crippen LogP contribution in [-0.4, -0.2) is 16.5 Å². The summed E-state index contributed by atoms with van der Waals surface area (Å²) in [5.41, 5.74) is 4.23. The second-order valence-corrected chi connectivity index (χ2v) is 6.10. The third kappa shape index (κ3) is 2.87. The van der Waals surface area contributed by atoms with Crippen molar-refractivity contribution in [2.45, 2.75) is 39.7 Å². The Kier molecular flexibility index (Phi) is 3.58. The summed E-state index contributed by atoms with van der Waals surface area (Å²) in [4.78, 5) is 12.2. The van der Waals surface area contributed by atoms with Crippen LogP contribution in [-0.2, 0) is 0 Å². The van der Waals surface area contributed by atoms with E-state index in [0.29, 0.717) is 5.92 Å². The summed E-state index contributed by atoms with van der Waals surface area (Å²) in [6.07, 6.45) is 2.49. The molecule has 1 fully saturated rings. The molecular weight excluding hydrogens is 260 g/mol. The van der Waals surface area contributed by atoms with Gasteiger partial charge in [0.1, 0.15) is 0 Å². The van der Waals surface area contributed by atoms with Crippen LogP contribution >= 0.6 is 0 Å². The average molecular weight is 282 g/mol. The van der Waals surface area contributed by atoms with Gasteiger partial charge in [0.15, 0.2) is 0 Å². The fourth-order valence-electron chi connectivity index (χ4n) is 2.84. The zero-order valence-corrected chi connectivity index (χ0v) is 12.9. The number of hydrogen-bond acceptors (Lipinski definition) is 1. The first-order valence-corrected chi connectivity index (χ1v) is 7.62. The predicted octanol–water partition coefficient (Wildman–Crippen LogP) is 3.62. The summed E-state index contributed by atoms with van der Waals surface area (Å²) in [5.74, 6) is 0.709. The first kappa shape index (κ1) is 13.9. The van der Waals surface area contributed by atoms with Gasteiger partial charge in [-0.25, -0.2) is 0 Å². The van der Waals surface area contributed by atoms with E-state index in [1.54, 1.807) is 0 Å². The molecule has 0 saturated heterocycles. The van der Waals surface area contributed by atoms with Crippen molar-refractivity contribution in [2.24, 2.45) is 5.92 Å². The Morgan fingerprint density at radius 2 is 1.67 bits per heavy atom. The van der Waals surface area contributed by atoms with Crippen molar-refractivity contribution < 1.29 is 4.79 Å². The molecule has 110 valence electrons. The van der Waals surface area contributed by atoms with E-state index in [4.69, 9.17) is 0 Å². The fourth-order valence-corrected chi connectivity index (χ4v) is 2.84. The lowest BCUT2D eigenvalue weighted by atomic mass is 10.1. The third-order valence-electron chi connectivity index (χ3n) is 4.35. The molecule has 0 spiro atoms. The smallest absolute Gasteiger partial charge is 0.251 e. The van der Waals surface area contributed by atoms with Crippen LogP contribution in [0, 0.1) is 19.8 Å². The molecule has 1 N–H and O–H groups in total. The molecular formula is C18H22N2O. The van der Waals surface area contributed by atoms with E-state index in [9.17, 15) is 4.79 Å². The molecule has 1 amide bonds. The Labute approximate surface area is 126 Å². The van der Waals surface area contributed by atoms with E-state index in [0.717, 1.165) is 11.3 Å². The highest BCUT2D eigenvalue weighted by Crippen LogP contribution is 2.32. The van der Waals surface area contributed by atoms with E-state index in [2.05, 4.69) is 42.8 Å². The Morgan fingerprint density at radius 3 is 2.19 bits per heavy atom. The number of aryl methyl sites for hydroxylation is 2. The number of nitrogens with zero attached hydrogens (tertiary/aromatic N) is 1. The van der Waals surface area contributed by atoms with Crippen molar-refractivity contribution in [1.29, 1.82) is 0 Å². The molecule has 1 heterocycles. The van der Waals surface area contributed by atoms with Crippen LogP contribution in [0.2, 0.25) is 0 Å². The molecule has 1 aromatic heterocycles. The summed E-state index contributed by atoms with van der Waals surface area (Å²) in [6.45, 7) is 6.27. The Bertz CT molecular complexity index is 631. The SMILES string of the molecule is Cc1ccc(C)n1-c1ccc(C(=O)N[C@H](C)C2CC2)cc1. The van der Waals surface area contributed by atoms with Crippen molar-refractivity contribution in [3.63, 3.8) is 0 Å². The Hall–Kier alpha value is -2.03. The van der Waals surface area contributed by atoms with E-state index in [-0.39, 0.29) is 11.9 Å². The van der Waals surface area contributed by atoms with E-state index in [1.165, 1.54) is 24.2 Å². The predicted molar refractivity (Wildman–Crippen MR) is 84.9 cm³/mol. The molecule has 3 nitrogen and oxygen atoms in total. The fraction of sp³-hybridized carbons (Fsp3) is 0.389. The number of amides is 1. The maximum Gasteiger partial charge on any atom is 0.251 e. The molecule has 2 aromatic rings. The quantitative estimate of drug-likeness (QED) is 0.913. The second-order valence-electron chi connectivity index (χ2n) is 6.10. The molecule has 0 aliphatic heterocycles. The van der Waals surface area contributed by atoms with Crippen LogP contribution in [0.5, 0.6) is 0 Å². The first-order chi connectivity index (χ1) is 10.1. The molecule has 1 atom stereocenters. The molecule has 0 unspecified atom stereocenters. The molecule has 3 rings (SSSR count). The summed E-state index contributed by atoms with van der Waals surface area (Å²) in [5, 5.41) is 3.09. The topological polar surface area (TPSA) is 34.0 Å². The van der Waals surface area contributed by atoms with Gasteiger partial charge in [0, 0.05) is 28.7 Å². The maximum absolute atomic E-state index is 12.2. The van der Waals surface area contributed by atoms with Gasteiger partial charge in [-0.15, -0.1) is 0 Å². The molecule has 0 bridgehead atoms. The number of aromatic nitrogens is 1. The van der Waals surface area contributed by atoms with Crippen LogP contribution in [0.15, 0.2) is 36.4 Å². The Balaban J connectivity index is 1.76. The highest BCUT2D eigenvalue weighted by atomic mass is 16.1. The molecule has 0 radical (unpaired) electrons. The highest BCUT2D eigenvalue weighted by Gasteiger charge is 2.29. The molecule has 1 aliphatic carbocycles. The summed E-state index contributed by atoms with van der Waals surface area (Å²) >= 11 is 0. The molecule has 3 heteroatoms. The number of nitrogens with one attached hydrogen (secondary N) is 1. The highest BCUT2D eigenvalue weighted by molar-refractivity contribution is 5.94. The zero-order valence-electron chi connectivity index (χ0n) is 12.9. The van der Waals surface area contributed by atoms with Gasteiger partial charge < -0.3 is 9.88 Å². The van der Waals surface area contributed by atoms with Gasteiger partial charge in [0.05, 0.1) is 0 Å². The normalized spacial score (nSPS) is 15.8. The van der Waals surface area contributed by atoms with Crippen LogP contribution < -0.4 is 5.32 Å². The lowest BCUT2D eigenvalue weighted by Gasteiger charge is -2.14. The van der Waals surface area contributed by atoms with Crippen molar-refractivity contribution >= 4 is 5.91 Å². The van der Waals surface area contributed by atoms with Crippen molar-refractivity contribution in [3.8, 4) is 5.69 Å². The first-order valence-electron chi connectivity index (χ1n) is 7.62. The van der Waals surface area contributed by atoms with E-state index < -0.39 is 0 Å². The van der Waals surface area contributed by atoms with Gasteiger partial charge in [0.25, 0.3) is 5.91 Å². The summed E-state index contributed by atoms with van der Waals surface area (Å²) in [7, 11) is 0. The minimum Gasteiger partial charge on any atom is -0.349 e. The number of hydrogen-bond donors (Lipinski definition) is 1. The molecule has 1 aromatic carbocycles. The average Bonchev–Trinajstić information content (AvgIpc) is 3.26. The van der Waals surface area contributed by atoms with Crippen molar-refractivity contribution in [3.05, 3.63) is 53.3 Å². The molecule has 1 aliphatic rings. The number of carbonyl (C=O) groups is 1. The van der Waals surface area contributed by atoms with Crippen LogP contribution in [0.25, 0.3) is 5.69 Å². The lowest BCUT2D eigenvalue weighted by Crippen LogP contribution is -2.33. The molecule has 1 saturated carbocycles. The van der Waals surface area contributed by atoms with Crippen molar-refractivity contribution in [1.82, 2.24) is 9.88 Å². The van der Waals surface area contributed by atoms with E-state index in [1.807, 2.05) is 24.3 Å². The minimum atomic E-state index is 0.0295. The van der Waals surface area contributed by atoms with Gasteiger partial charge in [-0.05, 0) is 75.9 Å². The third-order valence-corrected chi connectivity index (χ3v) is 4.35. The zero-order chi connectivity index (χ0) is 15.0. The number of carbonyl (C=O) groups excluding carboxylic acids is 1. The van der Waals surface area contributed by atoms with E-state index >= 15 is 0 Å². The van der Waals surface area contributed by atoms with Crippen molar-refractivity contribution in [2.75, 3.05) is 0 Å². The molecule has 21 heavy (non-hydrogen) atoms. The van der Waals surface area contributed by atoms with Gasteiger partial charge in [-0.1, -0.05) is 0 Å². The summed E-state index contributed by atoms with van der Waals surface area (Å²) in [6, 6.07) is 12.3. The largest absolute Gasteiger partial charge is 0.349 e. The number of rotatable bonds is 4. The van der Waals surface area contributed by atoms with Gasteiger partial charge in [-0.3, -0.25) is 4.79 Å². The van der Waals surface area contributed by atoms with Gasteiger partial charge in [0.2, 0.25) is 0 Å². The van der Waals surface area contributed by atoms with Crippen LogP contribution in [0.3, 0.4) is 0 Å². The maximum atomic E-state index is 12.2. The monoisotopic (exact) mass is 282 g/mol. The van der Waals surface area contributed by atoms with Gasteiger partial charge in [-0.2, -0.15) is 0 Å². The minimum absolute atomic E-state index is 0.0295. The van der Waals surface area contributed by atoms with Crippen LogP contribution in [0.1, 0.15) is 41.5 Å². The number of benzene rings is 1. The Morgan fingerprint density at radius 1 is 1.10 bits per heavy atom. The van der Waals surface area contributed by atoms with Gasteiger partial charge >= 0.3 is 0 Å². The standard InChI is InChI=1S/C18H22N2O/c1-12-4-5-13(2)20(12)17-10-8-16(9-11-17)18(21)19-14(3)15-6-7-15/h4-5,8-11,14-15H,6-7H2,1-3H3,(H,19,21)/t14-/m1/s1.